The summed E-state index contributed by atoms with van der Waals surface area (Å²) < 4.78 is 5.54. The lowest BCUT2D eigenvalue weighted by Gasteiger charge is -2.05. The van der Waals surface area contributed by atoms with Gasteiger partial charge in [-0.15, -0.1) is 0 Å². The second-order valence-electron chi connectivity index (χ2n) is 3.86. The topological polar surface area (TPSA) is 55.0 Å². The van der Waals surface area contributed by atoms with Crippen LogP contribution in [0.3, 0.4) is 0 Å². The van der Waals surface area contributed by atoms with Crippen molar-refractivity contribution in [3.63, 3.8) is 0 Å². The first kappa shape index (κ1) is 10.5. The van der Waals surface area contributed by atoms with Gasteiger partial charge in [0.2, 0.25) is 5.88 Å². The van der Waals surface area contributed by atoms with Crippen LogP contribution >= 0.6 is 0 Å². The Kier molecular flexibility index (Phi) is 2.53. The quantitative estimate of drug-likeness (QED) is 0.746. The van der Waals surface area contributed by atoms with Crippen LogP contribution in [0.4, 0.5) is 0 Å². The smallest absolute Gasteiger partial charge is 0.254 e. The Hall–Kier alpha value is -2.62. The molecule has 0 saturated carbocycles. The lowest BCUT2D eigenvalue weighted by molar-refractivity contribution is 0.461. The van der Waals surface area contributed by atoms with Gasteiger partial charge in [0.1, 0.15) is 5.75 Å². The zero-order valence-electron chi connectivity index (χ0n) is 9.46. The van der Waals surface area contributed by atoms with E-state index in [1.54, 1.807) is 0 Å². The Bertz CT molecular complexity index is 750. The van der Waals surface area contributed by atoms with Gasteiger partial charge in [0.25, 0.3) is 5.56 Å². The van der Waals surface area contributed by atoms with Gasteiger partial charge < -0.3 is 9.72 Å². The molecule has 0 fully saturated rings. The third kappa shape index (κ3) is 2.08. The summed E-state index contributed by atoms with van der Waals surface area (Å²) in [6.45, 7) is 0. The summed E-state index contributed by atoms with van der Waals surface area (Å²) >= 11 is 0. The van der Waals surface area contributed by atoms with Gasteiger partial charge >= 0.3 is 0 Å². The predicted octanol–water partition coefficient (Wildman–Crippen LogP) is 2.72. The van der Waals surface area contributed by atoms with Crippen LogP contribution in [0.5, 0.6) is 11.6 Å². The molecule has 1 heterocycles. The summed E-state index contributed by atoms with van der Waals surface area (Å²) in [4.78, 5) is 17.5. The molecule has 0 radical (unpaired) electrons. The molecule has 3 aromatic rings. The molecule has 4 nitrogen and oxygen atoms in total. The monoisotopic (exact) mass is 238 g/mol. The van der Waals surface area contributed by atoms with E-state index in [-0.39, 0.29) is 11.4 Å². The summed E-state index contributed by atoms with van der Waals surface area (Å²) in [6.07, 6.45) is 1.32. The average molecular weight is 238 g/mol. The van der Waals surface area contributed by atoms with Gasteiger partial charge in [-0.2, -0.15) is 0 Å². The van der Waals surface area contributed by atoms with Crippen molar-refractivity contribution in [3.8, 4) is 11.6 Å². The van der Waals surface area contributed by atoms with E-state index < -0.39 is 0 Å². The molecular formula is C14H10N2O2. The summed E-state index contributed by atoms with van der Waals surface area (Å²) in [5, 5.41) is 2.23. The summed E-state index contributed by atoms with van der Waals surface area (Å²) in [6, 6.07) is 15.0. The molecule has 18 heavy (non-hydrogen) atoms. The molecule has 0 bridgehead atoms. The first-order chi connectivity index (χ1) is 8.81. The molecule has 1 aromatic heterocycles. The molecule has 1 N–H and O–H groups in total. The van der Waals surface area contributed by atoms with Crippen molar-refractivity contribution in [2.45, 2.75) is 0 Å². The lowest BCUT2D eigenvalue weighted by Crippen LogP contribution is -2.04. The number of H-pyrrole nitrogens is 1. The van der Waals surface area contributed by atoms with E-state index in [1.165, 1.54) is 12.4 Å². The molecule has 2 aromatic carbocycles. The van der Waals surface area contributed by atoms with Crippen LogP contribution in [0.25, 0.3) is 10.8 Å². The highest BCUT2D eigenvalue weighted by atomic mass is 16.5. The highest BCUT2D eigenvalue weighted by molar-refractivity contribution is 5.83. The van der Waals surface area contributed by atoms with Gasteiger partial charge in [-0.3, -0.25) is 4.79 Å². The lowest BCUT2D eigenvalue weighted by atomic mass is 10.1. The maximum absolute atomic E-state index is 11.1. The number of ether oxygens (including phenoxy) is 1. The molecule has 0 aliphatic heterocycles. The molecule has 0 atom stereocenters. The van der Waals surface area contributed by atoms with Crippen molar-refractivity contribution >= 4 is 10.8 Å². The highest BCUT2D eigenvalue weighted by Crippen LogP contribution is 2.23. The van der Waals surface area contributed by atoms with Gasteiger partial charge in [0.15, 0.2) is 0 Å². The van der Waals surface area contributed by atoms with Crippen LogP contribution in [0.15, 0.2) is 59.7 Å². The first-order valence-corrected chi connectivity index (χ1v) is 5.53. The van der Waals surface area contributed by atoms with E-state index in [4.69, 9.17) is 4.74 Å². The maximum Gasteiger partial charge on any atom is 0.254 e. The Morgan fingerprint density at radius 2 is 1.83 bits per heavy atom. The van der Waals surface area contributed by atoms with Gasteiger partial charge in [-0.05, 0) is 22.9 Å². The molecule has 4 heteroatoms. The van der Waals surface area contributed by atoms with E-state index >= 15 is 0 Å². The average Bonchev–Trinajstić information content (AvgIpc) is 2.39. The van der Waals surface area contributed by atoms with Gasteiger partial charge in [0, 0.05) is 0 Å². The molecule has 0 unspecified atom stereocenters. The fourth-order valence-corrected chi connectivity index (χ4v) is 1.76. The first-order valence-electron chi connectivity index (χ1n) is 5.53. The normalized spacial score (nSPS) is 10.4. The second-order valence-corrected chi connectivity index (χ2v) is 3.86. The minimum atomic E-state index is -0.235. The number of aromatic nitrogens is 2. The van der Waals surface area contributed by atoms with E-state index in [2.05, 4.69) is 9.97 Å². The minimum absolute atomic E-state index is 0.235. The van der Waals surface area contributed by atoms with Crippen LogP contribution in [-0.2, 0) is 0 Å². The molecule has 3 rings (SSSR count). The number of nitrogens with zero attached hydrogens (tertiary/aromatic N) is 1. The number of hydrogen-bond donors (Lipinski definition) is 1. The molecule has 0 amide bonds. The predicted molar refractivity (Wildman–Crippen MR) is 68.9 cm³/mol. The zero-order chi connectivity index (χ0) is 12.4. The third-order valence-electron chi connectivity index (χ3n) is 2.60. The number of benzene rings is 2. The second kappa shape index (κ2) is 4.33. The molecule has 0 aliphatic rings. The summed E-state index contributed by atoms with van der Waals surface area (Å²) in [5.74, 6) is 0.945. The van der Waals surface area contributed by atoms with Crippen LogP contribution in [-0.4, -0.2) is 9.97 Å². The van der Waals surface area contributed by atoms with Crippen LogP contribution < -0.4 is 10.3 Å². The van der Waals surface area contributed by atoms with Crippen molar-refractivity contribution in [3.05, 3.63) is 65.2 Å². The van der Waals surface area contributed by atoms with Crippen LogP contribution in [0, 0.1) is 0 Å². The van der Waals surface area contributed by atoms with E-state index in [1.807, 2.05) is 42.5 Å². The Labute approximate surface area is 103 Å². The SMILES string of the molecule is O=c1cc(Oc2ccc3ccccc3c2)nc[nH]1. The molecule has 0 saturated heterocycles. The number of aromatic amines is 1. The fourth-order valence-electron chi connectivity index (χ4n) is 1.76. The number of fused-ring (bicyclic) bond motifs is 1. The molecule has 0 spiro atoms. The largest absolute Gasteiger partial charge is 0.439 e. The van der Waals surface area contributed by atoms with Crippen molar-refractivity contribution in [1.82, 2.24) is 9.97 Å². The van der Waals surface area contributed by atoms with E-state index in [0.717, 1.165) is 10.8 Å². The van der Waals surface area contributed by atoms with E-state index in [9.17, 15) is 4.79 Å². The fraction of sp³-hybridized carbons (Fsp3) is 0. The Morgan fingerprint density at radius 1 is 1.00 bits per heavy atom. The Balaban J connectivity index is 1.97. The van der Waals surface area contributed by atoms with Crippen LogP contribution in [0.1, 0.15) is 0 Å². The van der Waals surface area contributed by atoms with Gasteiger partial charge in [-0.25, -0.2) is 4.98 Å². The number of rotatable bonds is 2. The molecular weight excluding hydrogens is 228 g/mol. The van der Waals surface area contributed by atoms with Crippen molar-refractivity contribution in [2.24, 2.45) is 0 Å². The molecule has 88 valence electrons. The summed E-state index contributed by atoms with van der Waals surface area (Å²) in [7, 11) is 0. The summed E-state index contributed by atoms with van der Waals surface area (Å²) in [5.41, 5.74) is -0.235. The Morgan fingerprint density at radius 3 is 2.67 bits per heavy atom. The van der Waals surface area contributed by atoms with E-state index in [0.29, 0.717) is 5.75 Å². The number of nitrogens with one attached hydrogen (secondary N) is 1. The number of hydrogen-bond acceptors (Lipinski definition) is 3. The highest BCUT2D eigenvalue weighted by Gasteiger charge is 2.00. The maximum atomic E-state index is 11.1. The molecule has 0 aliphatic carbocycles. The minimum Gasteiger partial charge on any atom is -0.439 e. The van der Waals surface area contributed by atoms with Gasteiger partial charge in [0.05, 0.1) is 12.4 Å². The van der Waals surface area contributed by atoms with Crippen LogP contribution in [0.2, 0.25) is 0 Å². The third-order valence-corrected chi connectivity index (χ3v) is 2.60. The van der Waals surface area contributed by atoms with Crippen molar-refractivity contribution in [1.29, 1.82) is 0 Å². The van der Waals surface area contributed by atoms with Gasteiger partial charge in [-0.1, -0.05) is 30.3 Å². The standard InChI is InChI=1S/C14H10N2O2/c17-13-8-14(16-9-15-13)18-12-6-5-10-3-1-2-4-11(10)7-12/h1-9H,(H,15,16,17). The van der Waals surface area contributed by atoms with Crippen molar-refractivity contribution in [2.75, 3.05) is 0 Å². The van der Waals surface area contributed by atoms with Crippen molar-refractivity contribution < 1.29 is 4.74 Å². The zero-order valence-corrected chi connectivity index (χ0v) is 9.46.